The van der Waals surface area contributed by atoms with Crippen molar-refractivity contribution in [2.45, 2.75) is 44.7 Å². The summed E-state index contributed by atoms with van der Waals surface area (Å²) in [6.07, 6.45) is 6.56. The van der Waals surface area contributed by atoms with Crippen molar-refractivity contribution in [2.75, 3.05) is 34.2 Å². The maximum absolute atomic E-state index is 12.5. The number of amides is 1. The van der Waals surface area contributed by atoms with E-state index in [4.69, 9.17) is 0 Å². The number of carbonyl (C=O) groups excluding carboxylic acids is 1. The molecule has 0 spiro atoms. The molecule has 0 aliphatic heterocycles. The Morgan fingerprint density at radius 2 is 1.79 bits per heavy atom. The van der Waals surface area contributed by atoms with Gasteiger partial charge in [-0.3, -0.25) is 4.79 Å². The summed E-state index contributed by atoms with van der Waals surface area (Å²) in [4.78, 5) is 16.3. The third kappa shape index (κ3) is 5.83. The number of benzene rings is 1. The second-order valence-electron chi connectivity index (χ2n) is 7.82. The largest absolute Gasteiger partial charge is 0.340 e. The van der Waals surface area contributed by atoms with E-state index in [2.05, 4.69) is 20.4 Å². The van der Waals surface area contributed by atoms with Crippen molar-refractivity contribution in [1.29, 1.82) is 0 Å². The second-order valence-corrected chi connectivity index (χ2v) is 8.89. The smallest absolute Gasteiger partial charge is 0.253 e. The highest BCUT2D eigenvalue weighted by Gasteiger charge is 2.15. The van der Waals surface area contributed by atoms with Gasteiger partial charge >= 0.3 is 0 Å². The van der Waals surface area contributed by atoms with Gasteiger partial charge in [0.05, 0.1) is 0 Å². The minimum Gasteiger partial charge on any atom is -0.340 e. The molecule has 152 valence electrons. The molecule has 1 N–H and O–H groups in total. The van der Waals surface area contributed by atoms with Gasteiger partial charge < -0.3 is 15.1 Å². The van der Waals surface area contributed by atoms with Gasteiger partial charge in [-0.05, 0) is 39.1 Å². The van der Waals surface area contributed by atoms with Crippen LogP contribution in [0.4, 0.5) is 0 Å². The maximum atomic E-state index is 12.5. The highest BCUT2D eigenvalue weighted by molar-refractivity contribution is 7.14. The zero-order chi connectivity index (χ0) is 19.9. The van der Waals surface area contributed by atoms with E-state index in [-0.39, 0.29) is 5.91 Å². The van der Waals surface area contributed by atoms with Crippen molar-refractivity contribution in [3.63, 3.8) is 0 Å². The van der Waals surface area contributed by atoms with Gasteiger partial charge in [-0.1, -0.05) is 42.7 Å². The SMILES string of the molecule is CN(C)CCN(C)C(=O)c1ccc(-c2nnc(CNC3CCCCC3)s2)cc1. The monoisotopic (exact) mass is 401 g/mol. The Balaban J connectivity index is 1.56. The van der Waals surface area contributed by atoms with Gasteiger partial charge in [0, 0.05) is 43.9 Å². The third-order valence-electron chi connectivity index (χ3n) is 5.22. The number of nitrogens with zero attached hydrogens (tertiary/aromatic N) is 4. The lowest BCUT2D eigenvalue weighted by molar-refractivity contribution is 0.0786. The molecule has 0 atom stereocenters. The standard InChI is InChI=1S/C21H31N5OS/c1-25(2)13-14-26(3)21(27)17-11-9-16(10-12-17)20-24-23-19(28-20)15-22-18-7-5-4-6-8-18/h9-12,18,22H,4-8,13-15H2,1-3H3. The summed E-state index contributed by atoms with van der Waals surface area (Å²) >= 11 is 1.62. The fourth-order valence-corrected chi connectivity index (χ4v) is 4.20. The first-order chi connectivity index (χ1) is 13.5. The molecule has 7 heteroatoms. The number of hydrogen-bond donors (Lipinski definition) is 1. The number of nitrogens with one attached hydrogen (secondary N) is 1. The molecule has 0 radical (unpaired) electrons. The molecule has 1 fully saturated rings. The Hall–Kier alpha value is -1.83. The Morgan fingerprint density at radius 3 is 2.46 bits per heavy atom. The lowest BCUT2D eigenvalue weighted by Crippen LogP contribution is -2.33. The molecule has 1 amide bonds. The molecular weight excluding hydrogens is 370 g/mol. The van der Waals surface area contributed by atoms with Crippen LogP contribution < -0.4 is 5.32 Å². The molecule has 28 heavy (non-hydrogen) atoms. The number of rotatable bonds is 8. The predicted octanol–water partition coefficient (Wildman–Crippen LogP) is 3.26. The van der Waals surface area contributed by atoms with E-state index in [9.17, 15) is 4.79 Å². The van der Waals surface area contributed by atoms with Crippen LogP contribution in [0, 0.1) is 0 Å². The lowest BCUT2D eigenvalue weighted by atomic mass is 9.96. The number of likely N-dealkylation sites (N-methyl/N-ethyl adjacent to an activating group) is 2. The van der Waals surface area contributed by atoms with E-state index in [0.29, 0.717) is 18.2 Å². The molecule has 0 unspecified atom stereocenters. The summed E-state index contributed by atoms with van der Waals surface area (Å²) in [6, 6.07) is 8.31. The summed E-state index contributed by atoms with van der Waals surface area (Å²) < 4.78 is 0. The van der Waals surface area contributed by atoms with E-state index in [1.807, 2.05) is 45.4 Å². The Bertz CT molecular complexity index is 752. The van der Waals surface area contributed by atoms with E-state index >= 15 is 0 Å². The fraction of sp³-hybridized carbons (Fsp3) is 0.571. The van der Waals surface area contributed by atoms with Gasteiger partial charge in [0.2, 0.25) is 0 Å². The molecule has 2 aromatic rings. The molecule has 3 rings (SSSR count). The zero-order valence-electron chi connectivity index (χ0n) is 17.1. The van der Waals surface area contributed by atoms with Crippen LogP contribution in [-0.2, 0) is 6.54 Å². The first-order valence-electron chi connectivity index (χ1n) is 10.1. The van der Waals surface area contributed by atoms with Crippen LogP contribution in [-0.4, -0.2) is 66.2 Å². The summed E-state index contributed by atoms with van der Waals surface area (Å²) in [5.74, 6) is 0.0445. The van der Waals surface area contributed by atoms with Gasteiger partial charge in [-0.25, -0.2) is 0 Å². The number of carbonyl (C=O) groups is 1. The van der Waals surface area contributed by atoms with E-state index in [1.54, 1.807) is 16.2 Å². The van der Waals surface area contributed by atoms with Crippen LogP contribution in [0.15, 0.2) is 24.3 Å². The predicted molar refractivity (Wildman–Crippen MR) is 115 cm³/mol. The molecule has 1 aromatic carbocycles. The minimum absolute atomic E-state index is 0.0445. The first kappa shape index (κ1) is 20.9. The van der Waals surface area contributed by atoms with Crippen molar-refractivity contribution >= 4 is 17.2 Å². The minimum atomic E-state index is 0.0445. The van der Waals surface area contributed by atoms with Gasteiger partial charge in [-0.2, -0.15) is 0 Å². The molecule has 1 heterocycles. The summed E-state index contributed by atoms with van der Waals surface area (Å²) in [5, 5.41) is 14.2. The topological polar surface area (TPSA) is 61.4 Å². The van der Waals surface area contributed by atoms with Crippen molar-refractivity contribution < 1.29 is 4.79 Å². The number of hydrogen-bond acceptors (Lipinski definition) is 6. The Morgan fingerprint density at radius 1 is 1.07 bits per heavy atom. The molecule has 0 saturated heterocycles. The van der Waals surface area contributed by atoms with E-state index in [1.165, 1.54) is 32.1 Å². The lowest BCUT2D eigenvalue weighted by Gasteiger charge is -2.22. The van der Waals surface area contributed by atoms with Crippen molar-refractivity contribution in [3.8, 4) is 10.6 Å². The zero-order valence-corrected chi connectivity index (χ0v) is 18.0. The summed E-state index contributed by atoms with van der Waals surface area (Å²) in [7, 11) is 5.86. The van der Waals surface area contributed by atoms with Crippen LogP contribution in [0.1, 0.15) is 47.5 Å². The van der Waals surface area contributed by atoms with E-state index in [0.717, 1.165) is 28.7 Å². The Labute approximate surface area is 172 Å². The van der Waals surface area contributed by atoms with Crippen LogP contribution in [0.3, 0.4) is 0 Å². The van der Waals surface area contributed by atoms with Gasteiger partial charge in [0.25, 0.3) is 5.91 Å². The van der Waals surface area contributed by atoms with Gasteiger partial charge in [0.15, 0.2) is 0 Å². The average Bonchev–Trinajstić information content (AvgIpc) is 3.20. The molecule has 1 saturated carbocycles. The van der Waals surface area contributed by atoms with Gasteiger partial charge in [-0.15, -0.1) is 10.2 Å². The molecule has 6 nitrogen and oxygen atoms in total. The van der Waals surface area contributed by atoms with E-state index < -0.39 is 0 Å². The second kappa shape index (κ2) is 10.1. The molecule has 0 bridgehead atoms. The Kier molecular flexibility index (Phi) is 7.53. The van der Waals surface area contributed by atoms with Crippen molar-refractivity contribution in [1.82, 2.24) is 25.3 Å². The van der Waals surface area contributed by atoms with Crippen LogP contribution in [0.5, 0.6) is 0 Å². The molecule has 1 aliphatic carbocycles. The third-order valence-corrected chi connectivity index (χ3v) is 6.19. The number of aromatic nitrogens is 2. The molecular formula is C21H31N5OS. The average molecular weight is 402 g/mol. The quantitative estimate of drug-likeness (QED) is 0.736. The summed E-state index contributed by atoms with van der Waals surface area (Å²) in [6.45, 7) is 2.35. The van der Waals surface area contributed by atoms with Crippen LogP contribution >= 0.6 is 11.3 Å². The molecule has 1 aromatic heterocycles. The maximum Gasteiger partial charge on any atom is 0.253 e. The van der Waals surface area contributed by atoms with Gasteiger partial charge in [0.1, 0.15) is 10.0 Å². The summed E-state index contributed by atoms with van der Waals surface area (Å²) in [5.41, 5.74) is 1.71. The highest BCUT2D eigenvalue weighted by atomic mass is 32.1. The first-order valence-corrected chi connectivity index (χ1v) is 10.9. The van der Waals surface area contributed by atoms with Crippen LogP contribution in [0.25, 0.3) is 10.6 Å². The fourth-order valence-electron chi connectivity index (χ4n) is 3.41. The highest BCUT2D eigenvalue weighted by Crippen LogP contribution is 2.25. The van der Waals surface area contributed by atoms with Crippen LogP contribution in [0.2, 0.25) is 0 Å². The molecule has 1 aliphatic rings. The van der Waals surface area contributed by atoms with Crippen molar-refractivity contribution in [3.05, 3.63) is 34.8 Å². The van der Waals surface area contributed by atoms with Crippen molar-refractivity contribution in [2.24, 2.45) is 0 Å². The normalized spacial score (nSPS) is 15.1.